The molecule has 18 heavy (non-hydrogen) atoms. The van der Waals surface area contributed by atoms with Crippen molar-refractivity contribution in [1.29, 1.82) is 0 Å². The second-order valence-electron chi connectivity index (χ2n) is 4.42. The monoisotopic (exact) mass is 265 g/mol. The van der Waals surface area contributed by atoms with Crippen molar-refractivity contribution in [2.75, 3.05) is 0 Å². The molecule has 1 N–H and O–H groups in total. The Morgan fingerprint density at radius 1 is 1.39 bits per heavy atom. The average molecular weight is 265 g/mol. The zero-order valence-electron chi connectivity index (χ0n) is 10.7. The van der Waals surface area contributed by atoms with E-state index in [0.29, 0.717) is 6.04 Å². The summed E-state index contributed by atoms with van der Waals surface area (Å²) in [5.74, 6) is -0.325. The lowest BCUT2D eigenvalue weighted by Gasteiger charge is -2.05. The van der Waals surface area contributed by atoms with E-state index in [1.54, 1.807) is 17.4 Å². The number of nitrogens with one attached hydrogen (secondary N) is 1. The summed E-state index contributed by atoms with van der Waals surface area (Å²) in [6.07, 6.45) is 1.22. The molecule has 0 saturated heterocycles. The number of aryl methyl sites for hydroxylation is 1. The Hall–Kier alpha value is -1.33. The first kappa shape index (κ1) is 13.1. The summed E-state index contributed by atoms with van der Waals surface area (Å²) in [5, 5.41) is 4.21. The van der Waals surface area contributed by atoms with E-state index >= 15 is 0 Å². The zero-order valence-corrected chi connectivity index (χ0v) is 11.5. The van der Waals surface area contributed by atoms with Crippen LogP contribution in [-0.4, -0.2) is 16.0 Å². The molecule has 0 bridgehead atoms. The van der Waals surface area contributed by atoms with Crippen LogP contribution < -0.4 is 5.32 Å². The molecular formula is C13H16FN3S. The minimum atomic E-state index is -0.325. The molecule has 0 spiro atoms. The van der Waals surface area contributed by atoms with Crippen molar-refractivity contribution < 1.29 is 4.39 Å². The topological polar surface area (TPSA) is 37.8 Å². The van der Waals surface area contributed by atoms with E-state index in [9.17, 15) is 4.39 Å². The van der Waals surface area contributed by atoms with E-state index in [1.807, 2.05) is 6.92 Å². The van der Waals surface area contributed by atoms with Gasteiger partial charge in [-0.3, -0.25) is 4.98 Å². The fourth-order valence-corrected chi connectivity index (χ4v) is 2.49. The van der Waals surface area contributed by atoms with E-state index in [0.717, 1.165) is 22.9 Å². The molecule has 96 valence electrons. The van der Waals surface area contributed by atoms with Gasteiger partial charge in [-0.1, -0.05) is 13.8 Å². The van der Waals surface area contributed by atoms with Crippen molar-refractivity contribution in [2.45, 2.75) is 33.4 Å². The van der Waals surface area contributed by atoms with Gasteiger partial charge in [0.25, 0.3) is 0 Å². The third kappa shape index (κ3) is 3.11. The van der Waals surface area contributed by atoms with Crippen molar-refractivity contribution in [3.63, 3.8) is 0 Å². The lowest BCUT2D eigenvalue weighted by molar-refractivity contribution is 0.591. The van der Waals surface area contributed by atoms with E-state index in [-0.39, 0.29) is 5.82 Å². The fourth-order valence-electron chi connectivity index (χ4n) is 1.50. The number of pyridine rings is 1. The predicted molar refractivity (Wildman–Crippen MR) is 72.0 cm³/mol. The molecule has 0 radical (unpaired) electrons. The van der Waals surface area contributed by atoms with Gasteiger partial charge in [-0.15, -0.1) is 11.3 Å². The molecule has 2 aromatic rings. The minimum Gasteiger partial charge on any atom is -0.310 e. The van der Waals surface area contributed by atoms with Crippen LogP contribution in [0.3, 0.4) is 0 Å². The molecule has 2 rings (SSSR count). The number of hydrogen-bond donors (Lipinski definition) is 1. The quantitative estimate of drug-likeness (QED) is 0.922. The van der Waals surface area contributed by atoms with Crippen molar-refractivity contribution in [2.24, 2.45) is 0 Å². The van der Waals surface area contributed by atoms with Crippen LogP contribution in [0.15, 0.2) is 18.3 Å². The maximum Gasteiger partial charge on any atom is 0.142 e. The van der Waals surface area contributed by atoms with E-state index in [4.69, 9.17) is 0 Å². The first-order valence-corrected chi connectivity index (χ1v) is 6.69. The second kappa shape index (κ2) is 5.54. The van der Waals surface area contributed by atoms with Crippen molar-refractivity contribution in [3.05, 3.63) is 34.7 Å². The van der Waals surface area contributed by atoms with Gasteiger partial charge in [-0.05, 0) is 19.1 Å². The van der Waals surface area contributed by atoms with E-state index in [1.165, 1.54) is 17.1 Å². The van der Waals surface area contributed by atoms with Gasteiger partial charge >= 0.3 is 0 Å². The first-order chi connectivity index (χ1) is 8.56. The molecule has 5 heteroatoms. The summed E-state index contributed by atoms with van der Waals surface area (Å²) < 4.78 is 12.8. The number of hydrogen-bond acceptors (Lipinski definition) is 4. The first-order valence-electron chi connectivity index (χ1n) is 5.88. The average Bonchev–Trinajstić information content (AvgIpc) is 2.69. The number of halogens is 1. The largest absolute Gasteiger partial charge is 0.310 e. The van der Waals surface area contributed by atoms with Crippen molar-refractivity contribution in [3.8, 4) is 10.7 Å². The summed E-state index contributed by atoms with van der Waals surface area (Å²) in [5.41, 5.74) is 1.73. The standard InChI is InChI=1S/C13H16FN3S/c1-8(2)15-7-12-9(3)17-13(18-12)11-5-4-10(14)6-16-11/h4-6,8,15H,7H2,1-3H3. The summed E-state index contributed by atoms with van der Waals surface area (Å²) in [7, 11) is 0. The van der Waals surface area contributed by atoms with Crippen LogP contribution >= 0.6 is 11.3 Å². The lowest BCUT2D eigenvalue weighted by atomic mass is 10.3. The molecule has 0 aliphatic rings. The predicted octanol–water partition coefficient (Wildman–Crippen LogP) is 3.15. The number of aromatic nitrogens is 2. The maximum atomic E-state index is 12.8. The molecule has 0 aromatic carbocycles. The molecule has 0 aliphatic carbocycles. The summed E-state index contributed by atoms with van der Waals surface area (Å²) in [6, 6.07) is 3.51. The Morgan fingerprint density at radius 2 is 2.17 bits per heavy atom. The second-order valence-corrected chi connectivity index (χ2v) is 5.51. The van der Waals surface area contributed by atoms with Crippen LogP contribution in [-0.2, 0) is 6.54 Å². The summed E-state index contributed by atoms with van der Waals surface area (Å²) >= 11 is 1.60. The van der Waals surface area contributed by atoms with Crippen LogP contribution in [0, 0.1) is 12.7 Å². The highest BCUT2D eigenvalue weighted by Crippen LogP contribution is 2.26. The van der Waals surface area contributed by atoms with E-state index < -0.39 is 0 Å². The van der Waals surface area contributed by atoms with Gasteiger partial charge in [0.05, 0.1) is 17.6 Å². The molecule has 0 amide bonds. The summed E-state index contributed by atoms with van der Waals surface area (Å²) in [6.45, 7) is 7.01. The molecule has 2 heterocycles. The Bertz CT molecular complexity index is 520. The number of rotatable bonds is 4. The number of nitrogens with zero attached hydrogens (tertiary/aromatic N) is 2. The Balaban J connectivity index is 2.20. The molecule has 2 aromatic heterocycles. The van der Waals surface area contributed by atoms with Crippen LogP contribution in [0.25, 0.3) is 10.7 Å². The highest BCUT2D eigenvalue weighted by molar-refractivity contribution is 7.15. The van der Waals surface area contributed by atoms with Gasteiger partial charge in [0.1, 0.15) is 10.8 Å². The molecule has 0 unspecified atom stereocenters. The minimum absolute atomic E-state index is 0.325. The molecule has 0 saturated carbocycles. The van der Waals surface area contributed by atoms with Gasteiger partial charge < -0.3 is 5.32 Å². The normalized spacial score (nSPS) is 11.2. The van der Waals surface area contributed by atoms with Crippen LogP contribution in [0.2, 0.25) is 0 Å². The van der Waals surface area contributed by atoms with Gasteiger partial charge in [0.2, 0.25) is 0 Å². The van der Waals surface area contributed by atoms with Crippen molar-refractivity contribution in [1.82, 2.24) is 15.3 Å². The maximum absolute atomic E-state index is 12.8. The fraction of sp³-hybridized carbons (Fsp3) is 0.385. The molecule has 0 atom stereocenters. The van der Waals surface area contributed by atoms with Crippen LogP contribution in [0.1, 0.15) is 24.4 Å². The Labute approximate surface area is 110 Å². The SMILES string of the molecule is Cc1nc(-c2ccc(F)cn2)sc1CNC(C)C. The highest BCUT2D eigenvalue weighted by atomic mass is 32.1. The zero-order chi connectivity index (χ0) is 13.1. The van der Waals surface area contributed by atoms with E-state index in [2.05, 4.69) is 29.1 Å². The molecule has 0 aliphatic heterocycles. The molecular weight excluding hydrogens is 249 g/mol. The Kier molecular flexibility index (Phi) is 4.04. The summed E-state index contributed by atoms with van der Waals surface area (Å²) in [4.78, 5) is 9.73. The van der Waals surface area contributed by atoms with Gasteiger partial charge in [-0.2, -0.15) is 0 Å². The lowest BCUT2D eigenvalue weighted by Crippen LogP contribution is -2.21. The number of thiazole rings is 1. The van der Waals surface area contributed by atoms with Crippen molar-refractivity contribution >= 4 is 11.3 Å². The smallest absolute Gasteiger partial charge is 0.142 e. The van der Waals surface area contributed by atoms with Crippen LogP contribution in [0.4, 0.5) is 4.39 Å². The van der Waals surface area contributed by atoms with Gasteiger partial charge in [0, 0.05) is 17.5 Å². The molecule has 0 fully saturated rings. The Morgan fingerprint density at radius 3 is 2.78 bits per heavy atom. The third-order valence-corrected chi connectivity index (χ3v) is 3.69. The highest BCUT2D eigenvalue weighted by Gasteiger charge is 2.10. The van der Waals surface area contributed by atoms with Gasteiger partial charge in [-0.25, -0.2) is 9.37 Å². The van der Waals surface area contributed by atoms with Crippen LogP contribution in [0.5, 0.6) is 0 Å². The van der Waals surface area contributed by atoms with Gasteiger partial charge in [0.15, 0.2) is 0 Å². The third-order valence-electron chi connectivity index (χ3n) is 2.51. The molecule has 3 nitrogen and oxygen atoms in total.